The van der Waals surface area contributed by atoms with Crippen LogP contribution >= 0.6 is 11.3 Å². The second-order valence-corrected chi connectivity index (χ2v) is 18.1. The van der Waals surface area contributed by atoms with Gasteiger partial charge in [0.2, 0.25) is 5.91 Å². The van der Waals surface area contributed by atoms with Crippen LogP contribution in [0, 0.1) is 68.2 Å². The molecule has 5 aromatic rings. The summed E-state index contributed by atoms with van der Waals surface area (Å²) in [6, 6.07) is 26.4. The minimum atomic E-state index is -4.22. The topological polar surface area (TPSA) is 39.9 Å². The lowest BCUT2D eigenvalue weighted by Gasteiger charge is -2.28. The average Bonchev–Trinajstić information content (AvgIpc) is 4.10. The van der Waals surface area contributed by atoms with Crippen LogP contribution in [0.2, 0.25) is 0 Å². The molecular weight excluding hydrogens is 884 g/mol. The minimum Gasteiger partial charge on any atom is -0.470 e. The van der Waals surface area contributed by atoms with Gasteiger partial charge in [-0.2, -0.15) is 13.2 Å². The number of likely N-dealkylation sites (tertiary alicyclic amines) is 3. The van der Waals surface area contributed by atoms with E-state index in [1.165, 1.54) is 116 Å². The van der Waals surface area contributed by atoms with Crippen LogP contribution < -0.4 is 0 Å². The lowest BCUT2D eigenvalue weighted by molar-refractivity contribution is -0.138. The Balaban J connectivity index is -0.000000164. The number of piperidine rings is 1. The van der Waals surface area contributed by atoms with E-state index in [2.05, 4.69) is 133 Å². The Hall–Kier alpha value is -4.18. The molecule has 2 aromatic heterocycles. The molecule has 5 nitrogen and oxygen atoms in total. The first-order valence-electron chi connectivity index (χ1n) is 22.6. The summed E-state index contributed by atoms with van der Waals surface area (Å²) in [5.41, 5.74) is 7.95. The Kier molecular flexibility index (Phi) is 47.2. The maximum Gasteiger partial charge on any atom is 0.416 e. The zero-order valence-electron chi connectivity index (χ0n) is 41.0. The fraction of sp³-hybridized carbons (Fsp3) is 0.550. The molecule has 69 heavy (non-hydrogen) atoms. The van der Waals surface area contributed by atoms with E-state index in [9.17, 15) is 18.0 Å². The zero-order chi connectivity index (χ0) is 47.4. The second-order valence-electron chi connectivity index (χ2n) is 17.0. The van der Waals surface area contributed by atoms with Crippen molar-refractivity contribution in [1.82, 2.24) is 14.7 Å². The Bertz CT molecular complexity index is 1820. The Morgan fingerprint density at radius 1 is 0.623 bits per heavy atom. The van der Waals surface area contributed by atoms with Gasteiger partial charge in [-0.25, -0.2) is 0 Å². The van der Waals surface area contributed by atoms with Crippen LogP contribution in [0.5, 0.6) is 0 Å². The van der Waals surface area contributed by atoms with Gasteiger partial charge in [-0.3, -0.25) is 4.79 Å². The van der Waals surface area contributed by atoms with E-state index in [-0.39, 0.29) is 50.1 Å². The number of rotatable bonds is 1. The van der Waals surface area contributed by atoms with Crippen LogP contribution in [0.3, 0.4) is 0 Å². The average molecular weight is 989 g/mol. The van der Waals surface area contributed by atoms with Crippen LogP contribution in [0.4, 0.5) is 13.2 Å². The number of carbonyl (C=O) groups excluding carboxylic acids is 1. The summed E-state index contributed by atoms with van der Waals surface area (Å²) in [5.74, 6) is 2.24. The molecule has 0 aliphatic carbocycles. The van der Waals surface area contributed by atoms with Gasteiger partial charge in [-0.15, -0.1) is 11.3 Å². The van der Waals surface area contributed by atoms with E-state index in [1.807, 2.05) is 26.1 Å². The van der Waals surface area contributed by atoms with Gasteiger partial charge in [0.05, 0.1) is 11.8 Å². The predicted octanol–water partition coefficient (Wildman–Crippen LogP) is 18.4. The summed E-state index contributed by atoms with van der Waals surface area (Å²) in [6.07, 6.45) is 4.90. The van der Waals surface area contributed by atoms with Crippen LogP contribution in [0.25, 0.3) is 0 Å². The van der Waals surface area contributed by atoms with Gasteiger partial charge in [0.15, 0.2) is 0 Å². The molecule has 3 saturated heterocycles. The molecule has 1 amide bonds. The molecular formula is C60H104F3N3O2S. The molecule has 0 bridgehead atoms. The van der Waals surface area contributed by atoms with Crippen LogP contribution in [0.1, 0.15) is 152 Å². The van der Waals surface area contributed by atoms with Gasteiger partial charge in [0, 0.05) is 24.9 Å². The molecule has 5 heterocycles. The van der Waals surface area contributed by atoms with Gasteiger partial charge in [0.1, 0.15) is 5.76 Å². The van der Waals surface area contributed by atoms with Crippen LogP contribution in [0.15, 0.2) is 101 Å². The number of carbonyl (C=O) groups is 1. The Morgan fingerprint density at radius 3 is 1.39 bits per heavy atom. The minimum absolute atomic E-state index is 0. The summed E-state index contributed by atoms with van der Waals surface area (Å²) in [6.45, 7) is 30.4. The van der Waals surface area contributed by atoms with Crippen molar-refractivity contribution in [3.8, 4) is 0 Å². The predicted molar refractivity (Wildman–Crippen MR) is 304 cm³/mol. The molecule has 3 aliphatic rings. The highest BCUT2D eigenvalue weighted by Crippen LogP contribution is 2.31. The zero-order valence-corrected chi connectivity index (χ0v) is 41.8. The number of hydrogen-bond donors (Lipinski definition) is 0. The third-order valence-electron chi connectivity index (χ3n) is 11.0. The van der Waals surface area contributed by atoms with Crippen molar-refractivity contribution in [3.05, 3.63) is 152 Å². The fourth-order valence-electron chi connectivity index (χ4n) is 6.54. The van der Waals surface area contributed by atoms with Gasteiger partial charge >= 0.3 is 6.18 Å². The molecule has 0 N–H and O–H groups in total. The van der Waals surface area contributed by atoms with Gasteiger partial charge < -0.3 is 19.1 Å². The van der Waals surface area contributed by atoms with Crippen molar-refractivity contribution in [3.63, 3.8) is 0 Å². The molecule has 3 fully saturated rings. The number of hydrogen-bond acceptors (Lipinski definition) is 5. The monoisotopic (exact) mass is 988 g/mol. The molecule has 398 valence electrons. The second kappa shape index (κ2) is 42.7. The highest BCUT2D eigenvalue weighted by atomic mass is 32.1. The van der Waals surface area contributed by atoms with Gasteiger partial charge in [-0.05, 0) is 192 Å². The first-order chi connectivity index (χ1) is 29.7. The van der Waals surface area contributed by atoms with E-state index in [0.29, 0.717) is 5.91 Å². The van der Waals surface area contributed by atoms with Crippen molar-refractivity contribution < 1.29 is 22.4 Å². The highest BCUT2D eigenvalue weighted by Gasteiger charge is 2.31. The summed E-state index contributed by atoms with van der Waals surface area (Å²) >= 11 is 1.78. The number of thiophene rings is 1. The molecule has 3 aromatic carbocycles. The quantitative estimate of drug-likeness (QED) is 0.168. The highest BCUT2D eigenvalue weighted by molar-refractivity contribution is 7.09. The van der Waals surface area contributed by atoms with E-state index < -0.39 is 11.7 Å². The maximum absolute atomic E-state index is 12.0. The third kappa shape index (κ3) is 36.4. The molecule has 3 aliphatic heterocycles. The Morgan fingerprint density at radius 2 is 1.13 bits per heavy atom. The Labute approximate surface area is 428 Å². The van der Waals surface area contributed by atoms with Crippen molar-refractivity contribution in [2.24, 2.45) is 5.92 Å². The van der Waals surface area contributed by atoms with Gasteiger partial charge in [0.25, 0.3) is 0 Å². The summed E-state index contributed by atoms with van der Waals surface area (Å²) in [4.78, 5) is 18.5. The SMILES string of the molecule is C.C.C.C.C.C.CCN1CCC(C)CC1.CN1CCCC1.CN1CCCC1=O.Cc1cc(C)c(C)c(C)c1.Cc1ccc(C)cc1.Cc1ccccc1C(F)(F)F.Cc1ccco1.Cc1cccs1. The first-order valence-corrected chi connectivity index (χ1v) is 23.5. The standard InChI is InChI=1S/C10H14.C8H7F3.C8H17N.C8H10.C5H9NO.C5H11N.C5H6O.C5H6S.6CH4/c1-7-5-8(2)10(4)9(3)6-7;1-6-4-2-3-5-7(6)8(9,10)11;1-3-9-6-4-8(2)5-7-9;1-7-3-5-8(2)6-4-7;1-6-4-2-3-5(6)7;1-6-4-2-3-5-6;2*1-5-3-2-4-6-5;;;;;;/h5-6H,1-4H3;2-5H,1H3;8H,3-7H2,1-2H3;3-6H,1-2H3;2-4H2,1H3;2-5H2,1H3;2*2-4H,1H3;6*1H4. The summed E-state index contributed by atoms with van der Waals surface area (Å²) < 4.78 is 41.0. The summed E-state index contributed by atoms with van der Waals surface area (Å²) in [5, 5.41) is 2.08. The van der Waals surface area contributed by atoms with Crippen molar-refractivity contribution in [2.75, 3.05) is 53.4 Å². The number of halogens is 3. The van der Waals surface area contributed by atoms with Crippen molar-refractivity contribution in [1.29, 1.82) is 0 Å². The fourth-order valence-corrected chi connectivity index (χ4v) is 7.07. The van der Waals surface area contributed by atoms with Crippen LogP contribution in [-0.2, 0) is 11.0 Å². The number of amides is 1. The van der Waals surface area contributed by atoms with Gasteiger partial charge in [-0.1, -0.05) is 136 Å². The van der Waals surface area contributed by atoms with E-state index in [0.717, 1.165) is 37.1 Å². The smallest absolute Gasteiger partial charge is 0.416 e. The molecule has 0 saturated carbocycles. The largest absolute Gasteiger partial charge is 0.470 e. The maximum atomic E-state index is 12.0. The first kappa shape index (κ1) is 76.3. The number of furan rings is 1. The van der Waals surface area contributed by atoms with Crippen molar-refractivity contribution in [2.45, 2.75) is 165 Å². The number of alkyl halides is 3. The van der Waals surface area contributed by atoms with E-state index >= 15 is 0 Å². The molecule has 0 radical (unpaired) electrons. The molecule has 0 unspecified atom stereocenters. The van der Waals surface area contributed by atoms with E-state index in [1.54, 1.807) is 28.6 Å². The summed E-state index contributed by atoms with van der Waals surface area (Å²) in [7, 11) is 4.02. The third-order valence-corrected chi connectivity index (χ3v) is 11.8. The number of benzene rings is 3. The van der Waals surface area contributed by atoms with E-state index in [4.69, 9.17) is 4.42 Å². The van der Waals surface area contributed by atoms with Crippen molar-refractivity contribution >= 4 is 17.2 Å². The molecule has 9 heteroatoms. The normalized spacial score (nSPS) is 13.5. The lowest BCUT2D eigenvalue weighted by Crippen LogP contribution is -2.32. The number of nitrogens with zero attached hydrogens (tertiary/aromatic N) is 3. The molecule has 0 atom stereocenters. The molecule has 0 spiro atoms. The number of aryl methyl sites for hydroxylation is 8. The molecule has 8 rings (SSSR count). The lowest BCUT2D eigenvalue weighted by atomic mass is 9.99. The van der Waals surface area contributed by atoms with Crippen LogP contribution in [-0.4, -0.2) is 74.0 Å².